The van der Waals surface area contributed by atoms with Gasteiger partial charge in [-0.3, -0.25) is 9.78 Å². The Bertz CT molecular complexity index is 1130. The lowest BCUT2D eigenvalue weighted by atomic mass is 9.97. The Kier molecular flexibility index (Phi) is 2.65. The fourth-order valence-corrected chi connectivity index (χ4v) is 3.38. The Balaban J connectivity index is 1.81. The summed E-state index contributed by atoms with van der Waals surface area (Å²) < 4.78 is 0. The molecule has 1 aliphatic carbocycles. The fraction of sp³-hybridized carbons (Fsp3) is 0. The van der Waals surface area contributed by atoms with E-state index in [0.29, 0.717) is 0 Å². The van der Waals surface area contributed by atoms with Gasteiger partial charge in [0.15, 0.2) is 5.78 Å². The molecular weight excluding hydrogens is 296 g/mol. The third kappa shape index (κ3) is 1.75. The van der Waals surface area contributed by atoms with Crippen LogP contribution in [0.15, 0.2) is 72.9 Å². The van der Waals surface area contributed by atoms with Gasteiger partial charge in [-0.15, -0.1) is 0 Å². The second-order valence-electron chi connectivity index (χ2n) is 5.85. The maximum absolute atomic E-state index is 12.6. The standard InChI is InChI=1S/C21H12N2O/c24-21-14-7-2-1-6-13(14)20-15(8-5-9-16(20)21)19-12-22-17-10-3-4-11-18(17)23-19/h1-12H. The van der Waals surface area contributed by atoms with Crippen LogP contribution in [0.2, 0.25) is 0 Å². The predicted molar refractivity (Wildman–Crippen MR) is 93.8 cm³/mol. The highest BCUT2D eigenvalue weighted by Crippen LogP contribution is 2.42. The van der Waals surface area contributed by atoms with Crippen LogP contribution >= 0.6 is 0 Å². The second kappa shape index (κ2) is 4.83. The van der Waals surface area contributed by atoms with Crippen molar-refractivity contribution in [2.24, 2.45) is 0 Å². The quantitative estimate of drug-likeness (QED) is 0.457. The molecule has 5 rings (SSSR count). The van der Waals surface area contributed by atoms with Gasteiger partial charge in [0.1, 0.15) is 0 Å². The molecule has 0 radical (unpaired) electrons. The Morgan fingerprint density at radius 3 is 2.17 bits per heavy atom. The summed E-state index contributed by atoms with van der Waals surface area (Å²) in [7, 11) is 0. The van der Waals surface area contributed by atoms with Gasteiger partial charge in [-0.25, -0.2) is 4.98 Å². The number of aromatic nitrogens is 2. The van der Waals surface area contributed by atoms with Crippen molar-refractivity contribution in [3.63, 3.8) is 0 Å². The Morgan fingerprint density at radius 1 is 0.625 bits per heavy atom. The Hall–Kier alpha value is -3.33. The summed E-state index contributed by atoms with van der Waals surface area (Å²) in [5.74, 6) is 0.0798. The molecule has 0 amide bonds. The molecule has 0 atom stereocenters. The molecule has 0 spiro atoms. The van der Waals surface area contributed by atoms with Crippen LogP contribution in [0.5, 0.6) is 0 Å². The van der Waals surface area contributed by atoms with Gasteiger partial charge in [0.25, 0.3) is 0 Å². The van der Waals surface area contributed by atoms with E-state index in [1.807, 2.05) is 66.7 Å². The van der Waals surface area contributed by atoms with Crippen molar-refractivity contribution in [1.29, 1.82) is 0 Å². The number of fused-ring (bicyclic) bond motifs is 4. The molecule has 1 aliphatic rings. The van der Waals surface area contributed by atoms with Crippen molar-refractivity contribution in [2.45, 2.75) is 0 Å². The van der Waals surface area contributed by atoms with Crippen molar-refractivity contribution in [3.05, 3.63) is 84.1 Å². The molecule has 3 heteroatoms. The first-order chi connectivity index (χ1) is 11.8. The van der Waals surface area contributed by atoms with Crippen molar-refractivity contribution in [1.82, 2.24) is 9.97 Å². The molecule has 1 heterocycles. The van der Waals surface area contributed by atoms with Crippen molar-refractivity contribution in [2.75, 3.05) is 0 Å². The van der Waals surface area contributed by atoms with E-state index < -0.39 is 0 Å². The summed E-state index contributed by atoms with van der Waals surface area (Å²) in [6, 6.07) is 21.3. The van der Waals surface area contributed by atoms with Crippen LogP contribution in [-0.2, 0) is 0 Å². The summed E-state index contributed by atoms with van der Waals surface area (Å²) >= 11 is 0. The number of carbonyl (C=O) groups is 1. The van der Waals surface area contributed by atoms with Crippen molar-refractivity contribution >= 4 is 16.8 Å². The molecule has 3 aromatic carbocycles. The SMILES string of the molecule is O=C1c2ccccc2-c2c1cccc2-c1cnc2ccccc2n1. The van der Waals surface area contributed by atoms with E-state index in [0.717, 1.165) is 44.5 Å². The third-order valence-electron chi connectivity index (χ3n) is 4.47. The molecule has 0 fully saturated rings. The smallest absolute Gasteiger partial charge is 0.194 e. The lowest BCUT2D eigenvalue weighted by molar-refractivity contribution is 0.104. The minimum atomic E-state index is 0.0798. The maximum atomic E-state index is 12.6. The molecule has 24 heavy (non-hydrogen) atoms. The maximum Gasteiger partial charge on any atom is 0.194 e. The van der Waals surface area contributed by atoms with E-state index >= 15 is 0 Å². The van der Waals surface area contributed by atoms with Gasteiger partial charge in [-0.05, 0) is 17.7 Å². The van der Waals surface area contributed by atoms with Crippen molar-refractivity contribution in [3.8, 4) is 22.4 Å². The summed E-state index contributed by atoms with van der Waals surface area (Å²) in [6.07, 6.45) is 1.78. The van der Waals surface area contributed by atoms with Crippen LogP contribution < -0.4 is 0 Å². The lowest BCUT2D eigenvalue weighted by Gasteiger charge is -2.09. The van der Waals surface area contributed by atoms with Gasteiger partial charge in [0.2, 0.25) is 0 Å². The van der Waals surface area contributed by atoms with Gasteiger partial charge >= 0.3 is 0 Å². The van der Waals surface area contributed by atoms with Crippen LogP contribution in [-0.4, -0.2) is 15.8 Å². The number of benzene rings is 3. The number of hydrogen-bond donors (Lipinski definition) is 0. The van der Waals surface area contributed by atoms with Gasteiger partial charge in [0, 0.05) is 22.3 Å². The van der Waals surface area contributed by atoms with Crippen LogP contribution in [0.4, 0.5) is 0 Å². The largest absolute Gasteiger partial charge is 0.289 e. The van der Waals surface area contributed by atoms with E-state index in [1.165, 1.54) is 0 Å². The fourth-order valence-electron chi connectivity index (χ4n) is 3.38. The van der Waals surface area contributed by atoms with Crippen molar-refractivity contribution < 1.29 is 4.79 Å². The molecule has 3 nitrogen and oxygen atoms in total. The van der Waals surface area contributed by atoms with Crippen LogP contribution in [0, 0.1) is 0 Å². The van der Waals surface area contributed by atoms with E-state index in [1.54, 1.807) is 6.20 Å². The summed E-state index contributed by atoms with van der Waals surface area (Å²) in [6.45, 7) is 0. The summed E-state index contributed by atoms with van der Waals surface area (Å²) in [4.78, 5) is 21.9. The monoisotopic (exact) mass is 308 g/mol. The lowest BCUT2D eigenvalue weighted by Crippen LogP contribution is -1.95. The minimum absolute atomic E-state index is 0.0798. The normalized spacial score (nSPS) is 12.2. The molecule has 0 saturated carbocycles. The van der Waals surface area contributed by atoms with Crippen LogP contribution in [0.1, 0.15) is 15.9 Å². The zero-order valence-corrected chi connectivity index (χ0v) is 12.7. The topological polar surface area (TPSA) is 42.9 Å². The number of rotatable bonds is 1. The molecule has 112 valence electrons. The molecule has 0 saturated heterocycles. The first-order valence-corrected chi connectivity index (χ1v) is 7.82. The number of ketones is 1. The van der Waals surface area contributed by atoms with Gasteiger partial charge in [-0.2, -0.15) is 0 Å². The highest BCUT2D eigenvalue weighted by atomic mass is 16.1. The highest BCUT2D eigenvalue weighted by molar-refractivity contribution is 6.23. The average Bonchev–Trinajstić information content (AvgIpc) is 2.95. The van der Waals surface area contributed by atoms with E-state index in [2.05, 4.69) is 4.98 Å². The number of nitrogens with zero attached hydrogens (tertiary/aromatic N) is 2. The minimum Gasteiger partial charge on any atom is -0.289 e. The Morgan fingerprint density at radius 2 is 1.29 bits per heavy atom. The molecule has 0 N–H and O–H groups in total. The van der Waals surface area contributed by atoms with Gasteiger partial charge in [-0.1, -0.05) is 54.6 Å². The van der Waals surface area contributed by atoms with Gasteiger partial charge in [0.05, 0.1) is 22.9 Å². The van der Waals surface area contributed by atoms with E-state index in [9.17, 15) is 4.79 Å². The van der Waals surface area contributed by atoms with E-state index in [4.69, 9.17) is 4.98 Å². The molecule has 0 aliphatic heterocycles. The first kappa shape index (κ1) is 13.1. The molecule has 1 aromatic heterocycles. The van der Waals surface area contributed by atoms with Gasteiger partial charge < -0.3 is 0 Å². The highest BCUT2D eigenvalue weighted by Gasteiger charge is 2.28. The molecule has 0 unspecified atom stereocenters. The number of hydrogen-bond acceptors (Lipinski definition) is 3. The predicted octanol–water partition coefficient (Wildman–Crippen LogP) is 4.51. The van der Waals surface area contributed by atoms with Crippen LogP contribution in [0.25, 0.3) is 33.4 Å². The second-order valence-corrected chi connectivity index (χ2v) is 5.85. The zero-order valence-electron chi connectivity index (χ0n) is 12.7. The first-order valence-electron chi connectivity index (χ1n) is 7.82. The molecule has 4 aromatic rings. The van der Waals surface area contributed by atoms with Crippen LogP contribution in [0.3, 0.4) is 0 Å². The molecule has 0 bridgehead atoms. The number of carbonyl (C=O) groups excluding carboxylic acids is 1. The summed E-state index contributed by atoms with van der Waals surface area (Å²) in [5, 5.41) is 0. The molecular formula is C21H12N2O. The Labute approximate surface area is 138 Å². The average molecular weight is 308 g/mol. The third-order valence-corrected chi connectivity index (χ3v) is 4.47. The number of para-hydroxylation sites is 2. The zero-order chi connectivity index (χ0) is 16.1. The summed E-state index contributed by atoms with van der Waals surface area (Å²) in [5.41, 5.74) is 6.89. The van der Waals surface area contributed by atoms with E-state index in [-0.39, 0.29) is 5.78 Å².